The number of carbonyl (C=O) groups excluding carboxylic acids is 1. The van der Waals surface area contributed by atoms with Gasteiger partial charge < -0.3 is 15.5 Å². The van der Waals surface area contributed by atoms with Crippen LogP contribution in [0.2, 0.25) is 0 Å². The molecule has 1 saturated heterocycles. The molecule has 27 heavy (non-hydrogen) atoms. The second-order valence-electron chi connectivity index (χ2n) is 7.13. The van der Waals surface area contributed by atoms with Gasteiger partial charge in [-0.15, -0.1) is 0 Å². The number of nitrogens with one attached hydrogen (secondary N) is 2. The largest absolute Gasteiger partial charge is 0.356 e. The lowest BCUT2D eigenvalue weighted by Gasteiger charge is -2.17. The summed E-state index contributed by atoms with van der Waals surface area (Å²) in [6, 6.07) is 6.43. The fourth-order valence-corrected chi connectivity index (χ4v) is 2.79. The number of nitro groups is 1. The van der Waals surface area contributed by atoms with Crippen molar-refractivity contribution >= 4 is 17.6 Å². The highest BCUT2D eigenvalue weighted by Crippen LogP contribution is 2.12. The van der Waals surface area contributed by atoms with E-state index in [0.29, 0.717) is 18.9 Å². The van der Waals surface area contributed by atoms with Gasteiger partial charge in [-0.1, -0.05) is 26.0 Å². The van der Waals surface area contributed by atoms with Crippen molar-refractivity contribution in [1.82, 2.24) is 15.5 Å². The minimum absolute atomic E-state index is 0.0791. The molecular weight excluding hydrogens is 346 g/mol. The van der Waals surface area contributed by atoms with Gasteiger partial charge >= 0.3 is 0 Å². The Morgan fingerprint density at radius 2 is 2.04 bits per heavy atom. The lowest BCUT2D eigenvalue weighted by molar-refractivity contribution is -0.384. The number of likely N-dealkylation sites (tertiary alicyclic amines) is 1. The van der Waals surface area contributed by atoms with Crippen LogP contribution in [0.3, 0.4) is 0 Å². The predicted molar refractivity (Wildman–Crippen MR) is 106 cm³/mol. The second-order valence-corrected chi connectivity index (χ2v) is 7.13. The Hall–Kier alpha value is -2.64. The van der Waals surface area contributed by atoms with E-state index in [1.54, 1.807) is 12.1 Å². The Morgan fingerprint density at radius 3 is 2.63 bits per heavy atom. The molecule has 1 aliphatic heterocycles. The van der Waals surface area contributed by atoms with Gasteiger partial charge in [0.15, 0.2) is 5.96 Å². The van der Waals surface area contributed by atoms with Crippen molar-refractivity contribution in [3.63, 3.8) is 0 Å². The Balaban J connectivity index is 1.84. The van der Waals surface area contributed by atoms with Crippen molar-refractivity contribution in [2.24, 2.45) is 10.9 Å². The number of guanidine groups is 1. The molecule has 2 N–H and O–H groups in total. The maximum absolute atomic E-state index is 11.6. The van der Waals surface area contributed by atoms with Crippen molar-refractivity contribution in [3.05, 3.63) is 39.9 Å². The highest BCUT2D eigenvalue weighted by Gasteiger charge is 2.18. The average molecular weight is 375 g/mol. The zero-order valence-corrected chi connectivity index (χ0v) is 16.1. The Bertz CT molecular complexity index is 658. The first kappa shape index (κ1) is 20.7. The van der Waals surface area contributed by atoms with Crippen LogP contribution in [0.5, 0.6) is 0 Å². The number of nitrogens with zero attached hydrogens (tertiary/aromatic N) is 3. The van der Waals surface area contributed by atoms with Gasteiger partial charge in [-0.25, -0.2) is 4.99 Å². The molecule has 8 nitrogen and oxygen atoms in total. The van der Waals surface area contributed by atoms with Crippen molar-refractivity contribution in [2.45, 2.75) is 39.7 Å². The summed E-state index contributed by atoms with van der Waals surface area (Å²) >= 11 is 0. The quantitative estimate of drug-likeness (QED) is 0.227. The van der Waals surface area contributed by atoms with Crippen LogP contribution in [0.4, 0.5) is 5.69 Å². The molecular formula is C19H29N5O3. The number of non-ortho nitro benzene ring substituents is 1. The molecule has 0 bridgehead atoms. The molecule has 2 rings (SSSR count). The lowest BCUT2D eigenvalue weighted by atomic mass is 10.2. The van der Waals surface area contributed by atoms with Gasteiger partial charge in [-0.2, -0.15) is 0 Å². The molecule has 1 aromatic carbocycles. The summed E-state index contributed by atoms with van der Waals surface area (Å²) in [7, 11) is 0. The van der Waals surface area contributed by atoms with Gasteiger partial charge in [0, 0.05) is 44.7 Å². The maximum atomic E-state index is 11.6. The van der Waals surface area contributed by atoms with E-state index in [4.69, 9.17) is 0 Å². The fourth-order valence-electron chi connectivity index (χ4n) is 2.79. The number of amides is 1. The van der Waals surface area contributed by atoms with Crippen LogP contribution in [-0.4, -0.2) is 47.9 Å². The highest BCUT2D eigenvalue weighted by molar-refractivity contribution is 5.80. The van der Waals surface area contributed by atoms with E-state index >= 15 is 0 Å². The van der Waals surface area contributed by atoms with Crippen LogP contribution < -0.4 is 10.6 Å². The van der Waals surface area contributed by atoms with E-state index in [-0.39, 0.29) is 11.6 Å². The smallest absolute Gasteiger partial charge is 0.269 e. The van der Waals surface area contributed by atoms with E-state index in [1.807, 2.05) is 4.90 Å². The topological polar surface area (TPSA) is 99.9 Å². The number of hydrogen-bond acceptors (Lipinski definition) is 4. The third kappa shape index (κ3) is 7.24. The summed E-state index contributed by atoms with van der Waals surface area (Å²) in [6.07, 6.45) is 2.50. The van der Waals surface area contributed by atoms with Crippen molar-refractivity contribution in [2.75, 3.05) is 26.2 Å². The number of carbonyl (C=O) groups is 1. The Morgan fingerprint density at radius 1 is 1.30 bits per heavy atom. The van der Waals surface area contributed by atoms with Gasteiger partial charge in [-0.3, -0.25) is 14.9 Å². The monoisotopic (exact) mass is 375 g/mol. The first-order valence-corrected chi connectivity index (χ1v) is 9.49. The summed E-state index contributed by atoms with van der Waals surface area (Å²) < 4.78 is 0. The molecule has 1 fully saturated rings. The lowest BCUT2D eigenvalue weighted by Crippen LogP contribution is -2.40. The van der Waals surface area contributed by atoms with E-state index < -0.39 is 4.92 Å². The third-order valence-electron chi connectivity index (χ3n) is 4.31. The molecule has 1 aliphatic rings. The van der Waals surface area contributed by atoms with Crippen LogP contribution in [-0.2, 0) is 11.3 Å². The molecule has 1 amide bonds. The molecule has 0 saturated carbocycles. The van der Waals surface area contributed by atoms with Crippen molar-refractivity contribution in [1.29, 1.82) is 0 Å². The summed E-state index contributed by atoms with van der Waals surface area (Å²) in [5, 5.41) is 17.3. The minimum Gasteiger partial charge on any atom is -0.356 e. The van der Waals surface area contributed by atoms with Crippen molar-refractivity contribution in [3.8, 4) is 0 Å². The molecule has 1 aromatic rings. The van der Waals surface area contributed by atoms with Crippen LogP contribution in [0.25, 0.3) is 0 Å². The predicted octanol–water partition coefficient (Wildman–Crippen LogP) is 2.30. The van der Waals surface area contributed by atoms with Gasteiger partial charge in [0.25, 0.3) is 5.69 Å². The summed E-state index contributed by atoms with van der Waals surface area (Å²) in [6.45, 7) is 7.86. The molecule has 0 atom stereocenters. The summed E-state index contributed by atoms with van der Waals surface area (Å²) in [5.74, 6) is 1.45. The first-order chi connectivity index (χ1) is 13.0. The van der Waals surface area contributed by atoms with Crippen LogP contribution in [0.15, 0.2) is 29.3 Å². The summed E-state index contributed by atoms with van der Waals surface area (Å²) in [5.41, 5.74) is 0.990. The molecule has 0 radical (unpaired) electrons. The number of benzene rings is 1. The molecule has 0 spiro atoms. The standard InChI is InChI=1S/C19H29N5O3/c1-15(2)13-21-19(20-10-4-12-23-11-3-5-18(23)25)22-14-16-6-8-17(9-7-16)24(26)27/h6-9,15H,3-5,10-14H2,1-2H3,(H2,20,21,22). The molecule has 0 aromatic heterocycles. The van der Waals surface area contributed by atoms with E-state index in [9.17, 15) is 14.9 Å². The molecule has 0 aliphatic carbocycles. The van der Waals surface area contributed by atoms with Crippen molar-refractivity contribution < 1.29 is 9.72 Å². The average Bonchev–Trinajstić information content (AvgIpc) is 3.05. The maximum Gasteiger partial charge on any atom is 0.269 e. The van der Waals surface area contributed by atoms with Gasteiger partial charge in [0.1, 0.15) is 0 Å². The molecule has 0 unspecified atom stereocenters. The van der Waals surface area contributed by atoms with Crippen LogP contribution in [0, 0.1) is 16.0 Å². The van der Waals surface area contributed by atoms with E-state index in [1.165, 1.54) is 12.1 Å². The highest BCUT2D eigenvalue weighted by atomic mass is 16.6. The number of nitro benzene ring substituents is 1. The zero-order valence-electron chi connectivity index (χ0n) is 16.1. The van der Waals surface area contributed by atoms with Gasteiger partial charge in [0.05, 0.1) is 11.5 Å². The second kappa shape index (κ2) is 10.5. The molecule has 8 heteroatoms. The minimum atomic E-state index is -0.407. The van der Waals surface area contributed by atoms with Crippen LogP contribution in [0.1, 0.15) is 38.7 Å². The Kier molecular flexibility index (Phi) is 8.03. The summed E-state index contributed by atoms with van der Waals surface area (Å²) in [4.78, 5) is 28.4. The van der Waals surface area contributed by atoms with Gasteiger partial charge in [-0.05, 0) is 24.3 Å². The fraction of sp³-hybridized carbons (Fsp3) is 0.579. The SMILES string of the molecule is CC(C)CNC(=NCc1ccc([N+](=O)[O-])cc1)NCCCN1CCCC1=O. The first-order valence-electron chi connectivity index (χ1n) is 9.49. The number of hydrogen-bond donors (Lipinski definition) is 2. The van der Waals surface area contributed by atoms with Gasteiger partial charge in [0.2, 0.25) is 5.91 Å². The Labute approximate surface area is 160 Å². The molecule has 148 valence electrons. The number of rotatable bonds is 9. The van der Waals surface area contributed by atoms with E-state index in [2.05, 4.69) is 29.5 Å². The molecule has 1 heterocycles. The third-order valence-corrected chi connectivity index (χ3v) is 4.31. The van der Waals surface area contributed by atoms with Crippen LogP contribution >= 0.6 is 0 Å². The number of aliphatic imine (C=N–C) groups is 1. The zero-order chi connectivity index (χ0) is 19.6. The van der Waals surface area contributed by atoms with E-state index in [0.717, 1.165) is 50.5 Å². The normalized spacial score (nSPS) is 14.7.